The van der Waals surface area contributed by atoms with Gasteiger partial charge in [0.05, 0.1) is 0 Å². The molecule has 1 N–H and O–H groups in total. The Morgan fingerprint density at radius 2 is 1.61 bits per heavy atom. The van der Waals surface area contributed by atoms with E-state index in [0.29, 0.717) is 5.95 Å². The van der Waals surface area contributed by atoms with Crippen LogP contribution in [0, 0.1) is 6.92 Å². The van der Waals surface area contributed by atoms with Crippen molar-refractivity contribution in [2.24, 2.45) is 0 Å². The Balaban J connectivity index is 2.23. The van der Waals surface area contributed by atoms with Crippen molar-refractivity contribution in [2.45, 2.75) is 47.0 Å². The smallest absolute Gasteiger partial charge is 0.229 e. The van der Waals surface area contributed by atoms with Crippen LogP contribution in [0.4, 0.5) is 17.5 Å². The minimum atomic E-state index is 0.161. The van der Waals surface area contributed by atoms with Crippen LogP contribution >= 0.6 is 0 Å². The molecule has 0 aliphatic heterocycles. The van der Waals surface area contributed by atoms with Crippen LogP contribution in [0.25, 0.3) is 0 Å². The third kappa shape index (κ3) is 4.44. The second-order valence-electron chi connectivity index (χ2n) is 6.82. The SMILES string of the molecule is CCN(CC)c1cc(C)nc(Nc2ccc(C(C)(C)C)cc2)n1. The second kappa shape index (κ2) is 6.99. The molecule has 4 nitrogen and oxygen atoms in total. The Morgan fingerprint density at radius 1 is 1.00 bits per heavy atom. The molecule has 0 atom stereocenters. The van der Waals surface area contributed by atoms with E-state index in [4.69, 9.17) is 0 Å². The Bertz CT molecular complexity index is 637. The molecule has 0 spiro atoms. The largest absolute Gasteiger partial charge is 0.357 e. The van der Waals surface area contributed by atoms with Crippen molar-refractivity contribution in [3.8, 4) is 0 Å². The van der Waals surface area contributed by atoms with E-state index in [9.17, 15) is 0 Å². The highest BCUT2D eigenvalue weighted by Crippen LogP contribution is 2.24. The van der Waals surface area contributed by atoms with E-state index < -0.39 is 0 Å². The molecule has 23 heavy (non-hydrogen) atoms. The van der Waals surface area contributed by atoms with Crippen molar-refractivity contribution >= 4 is 17.5 Å². The van der Waals surface area contributed by atoms with Gasteiger partial charge in [-0.15, -0.1) is 0 Å². The number of hydrogen-bond donors (Lipinski definition) is 1. The molecule has 124 valence electrons. The first-order valence-corrected chi connectivity index (χ1v) is 8.31. The molecular formula is C19H28N4. The maximum atomic E-state index is 4.65. The van der Waals surface area contributed by atoms with E-state index in [-0.39, 0.29) is 5.41 Å². The van der Waals surface area contributed by atoms with Crippen molar-refractivity contribution in [3.05, 3.63) is 41.6 Å². The van der Waals surface area contributed by atoms with Crippen molar-refractivity contribution < 1.29 is 0 Å². The number of nitrogens with one attached hydrogen (secondary N) is 1. The summed E-state index contributed by atoms with van der Waals surface area (Å²) in [5.41, 5.74) is 3.45. The van der Waals surface area contributed by atoms with E-state index in [1.165, 1.54) is 5.56 Å². The summed E-state index contributed by atoms with van der Waals surface area (Å²) in [7, 11) is 0. The molecule has 0 saturated heterocycles. The van der Waals surface area contributed by atoms with Gasteiger partial charge in [-0.3, -0.25) is 0 Å². The van der Waals surface area contributed by atoms with Gasteiger partial charge in [-0.1, -0.05) is 32.9 Å². The highest BCUT2D eigenvalue weighted by Gasteiger charge is 2.13. The Morgan fingerprint density at radius 3 is 2.13 bits per heavy atom. The quantitative estimate of drug-likeness (QED) is 0.871. The van der Waals surface area contributed by atoms with Crippen LogP contribution < -0.4 is 10.2 Å². The van der Waals surface area contributed by atoms with E-state index in [2.05, 4.69) is 79.1 Å². The highest BCUT2D eigenvalue weighted by molar-refractivity contribution is 5.56. The Hall–Kier alpha value is -2.10. The Kier molecular flexibility index (Phi) is 5.24. The molecule has 2 aromatic rings. The predicted octanol–water partition coefficient (Wildman–Crippen LogP) is 4.67. The van der Waals surface area contributed by atoms with Crippen LogP contribution in [0.2, 0.25) is 0 Å². The van der Waals surface area contributed by atoms with Gasteiger partial charge in [0.2, 0.25) is 5.95 Å². The van der Waals surface area contributed by atoms with Gasteiger partial charge in [0.15, 0.2) is 0 Å². The lowest BCUT2D eigenvalue weighted by atomic mass is 9.87. The predicted molar refractivity (Wildman–Crippen MR) is 98.8 cm³/mol. The third-order valence-electron chi connectivity index (χ3n) is 3.94. The summed E-state index contributed by atoms with van der Waals surface area (Å²) in [4.78, 5) is 11.4. The molecule has 1 heterocycles. The topological polar surface area (TPSA) is 41.1 Å². The third-order valence-corrected chi connectivity index (χ3v) is 3.94. The molecule has 2 rings (SSSR count). The first kappa shape index (κ1) is 17.3. The fraction of sp³-hybridized carbons (Fsp3) is 0.474. The number of hydrogen-bond acceptors (Lipinski definition) is 4. The molecule has 0 saturated carbocycles. The van der Waals surface area contributed by atoms with E-state index >= 15 is 0 Å². The zero-order valence-electron chi connectivity index (χ0n) is 15.1. The number of rotatable bonds is 5. The summed E-state index contributed by atoms with van der Waals surface area (Å²) in [5, 5.41) is 3.32. The molecule has 1 aromatic carbocycles. The van der Waals surface area contributed by atoms with Gasteiger partial charge in [-0.05, 0) is 43.9 Å². The summed E-state index contributed by atoms with van der Waals surface area (Å²) >= 11 is 0. The minimum Gasteiger partial charge on any atom is -0.357 e. The molecule has 0 unspecified atom stereocenters. The highest BCUT2D eigenvalue weighted by atomic mass is 15.2. The van der Waals surface area contributed by atoms with Crippen molar-refractivity contribution in [1.82, 2.24) is 9.97 Å². The minimum absolute atomic E-state index is 0.161. The van der Waals surface area contributed by atoms with Crippen molar-refractivity contribution in [3.63, 3.8) is 0 Å². The summed E-state index contributed by atoms with van der Waals surface area (Å²) in [6.07, 6.45) is 0. The maximum absolute atomic E-state index is 4.65. The van der Waals surface area contributed by atoms with Gasteiger partial charge in [-0.2, -0.15) is 4.98 Å². The number of aryl methyl sites for hydroxylation is 1. The van der Waals surface area contributed by atoms with Gasteiger partial charge >= 0.3 is 0 Å². The molecule has 0 fully saturated rings. The summed E-state index contributed by atoms with van der Waals surface area (Å²) in [6.45, 7) is 14.8. The summed E-state index contributed by atoms with van der Waals surface area (Å²) < 4.78 is 0. The van der Waals surface area contributed by atoms with Crippen LogP contribution in [0.1, 0.15) is 45.9 Å². The molecule has 0 amide bonds. The summed E-state index contributed by atoms with van der Waals surface area (Å²) in [5.74, 6) is 1.62. The maximum Gasteiger partial charge on any atom is 0.229 e. The number of benzene rings is 1. The molecule has 0 aliphatic carbocycles. The monoisotopic (exact) mass is 312 g/mol. The number of nitrogens with zero attached hydrogens (tertiary/aromatic N) is 3. The average molecular weight is 312 g/mol. The first-order chi connectivity index (χ1) is 10.8. The average Bonchev–Trinajstić information content (AvgIpc) is 2.47. The lowest BCUT2D eigenvalue weighted by Crippen LogP contribution is -2.23. The number of aromatic nitrogens is 2. The lowest BCUT2D eigenvalue weighted by Gasteiger charge is -2.21. The van der Waals surface area contributed by atoms with Gasteiger partial charge in [0.1, 0.15) is 5.82 Å². The standard InChI is InChI=1S/C19H28N4/c1-7-23(8-2)17-13-14(3)20-18(22-17)21-16-11-9-15(10-12-16)19(4,5)6/h9-13H,7-8H2,1-6H3,(H,20,21,22). The molecule has 0 radical (unpaired) electrons. The Labute approximate surface area is 140 Å². The molecule has 4 heteroatoms. The molecule has 0 aliphatic rings. The van der Waals surface area contributed by atoms with Crippen molar-refractivity contribution in [1.29, 1.82) is 0 Å². The van der Waals surface area contributed by atoms with Crippen molar-refractivity contribution in [2.75, 3.05) is 23.3 Å². The fourth-order valence-corrected chi connectivity index (χ4v) is 2.50. The second-order valence-corrected chi connectivity index (χ2v) is 6.82. The lowest BCUT2D eigenvalue weighted by molar-refractivity contribution is 0.590. The van der Waals surface area contributed by atoms with Crippen LogP contribution in [0.5, 0.6) is 0 Å². The van der Waals surface area contributed by atoms with E-state index in [1.807, 2.05) is 13.0 Å². The molecular weight excluding hydrogens is 284 g/mol. The molecule has 1 aromatic heterocycles. The molecule has 0 bridgehead atoms. The normalized spacial score (nSPS) is 11.4. The van der Waals surface area contributed by atoms with Crippen LogP contribution in [-0.4, -0.2) is 23.1 Å². The van der Waals surface area contributed by atoms with Crippen LogP contribution in [0.15, 0.2) is 30.3 Å². The van der Waals surface area contributed by atoms with Gasteiger partial charge in [0, 0.05) is 30.5 Å². The van der Waals surface area contributed by atoms with Gasteiger partial charge in [0.25, 0.3) is 0 Å². The summed E-state index contributed by atoms with van der Waals surface area (Å²) in [6, 6.07) is 10.5. The van der Waals surface area contributed by atoms with Crippen LogP contribution in [-0.2, 0) is 5.41 Å². The van der Waals surface area contributed by atoms with Gasteiger partial charge < -0.3 is 10.2 Å². The zero-order chi connectivity index (χ0) is 17.0. The first-order valence-electron chi connectivity index (χ1n) is 8.31. The van der Waals surface area contributed by atoms with E-state index in [1.54, 1.807) is 0 Å². The van der Waals surface area contributed by atoms with E-state index in [0.717, 1.165) is 30.3 Å². The van der Waals surface area contributed by atoms with Gasteiger partial charge in [-0.25, -0.2) is 4.98 Å². The zero-order valence-corrected chi connectivity index (χ0v) is 15.1. The fourth-order valence-electron chi connectivity index (χ4n) is 2.50. The number of anilines is 3. The van der Waals surface area contributed by atoms with Crippen LogP contribution in [0.3, 0.4) is 0 Å².